The minimum atomic E-state index is -4.41. The van der Waals surface area contributed by atoms with Gasteiger partial charge in [0.1, 0.15) is 6.10 Å². The van der Waals surface area contributed by atoms with Crippen molar-refractivity contribution in [3.8, 4) is 0 Å². The van der Waals surface area contributed by atoms with Crippen molar-refractivity contribution in [1.82, 2.24) is 5.32 Å². The first-order chi connectivity index (χ1) is 28.7. The second kappa shape index (κ2) is 45.1. The predicted molar refractivity (Wildman–Crippen MR) is 255 cm³/mol. The van der Waals surface area contributed by atoms with Crippen molar-refractivity contribution in [3.63, 3.8) is 0 Å². The first-order valence-electron chi connectivity index (χ1n) is 26.0. The van der Waals surface area contributed by atoms with Crippen molar-refractivity contribution in [2.75, 3.05) is 5.75 Å². The van der Waals surface area contributed by atoms with Gasteiger partial charge in [-0.3, -0.25) is 9.35 Å². The summed E-state index contributed by atoms with van der Waals surface area (Å²) < 4.78 is 32.8. The lowest BCUT2D eigenvalue weighted by Crippen LogP contribution is -2.50. The maximum Gasteiger partial charge on any atom is 0.266 e. The number of unbranched alkanes of at least 4 members (excludes halogenated alkanes) is 37. The van der Waals surface area contributed by atoms with Gasteiger partial charge < -0.3 is 15.5 Å². The zero-order valence-electron chi connectivity index (χ0n) is 39.3. The molecule has 3 atom stereocenters. The smallest absolute Gasteiger partial charge is 0.266 e. The van der Waals surface area contributed by atoms with Gasteiger partial charge in [-0.05, 0) is 38.5 Å². The number of aliphatic hydroxyl groups excluding tert-OH is 2. The molecule has 3 unspecified atom stereocenters. The molecule has 4 N–H and O–H groups in total. The average molecular weight is 856 g/mol. The summed E-state index contributed by atoms with van der Waals surface area (Å²) in [6.45, 7) is 4.55. The van der Waals surface area contributed by atoms with Gasteiger partial charge in [-0.1, -0.05) is 257 Å². The number of hydrogen-bond donors (Lipinski definition) is 4. The van der Waals surface area contributed by atoms with Crippen molar-refractivity contribution < 1.29 is 28.0 Å². The minimum Gasteiger partial charge on any atom is -0.391 e. The van der Waals surface area contributed by atoms with Crippen LogP contribution in [0, 0.1) is 0 Å². The number of hydrogen-bond acceptors (Lipinski definition) is 5. The lowest BCUT2D eigenvalue weighted by Gasteiger charge is -2.24. The van der Waals surface area contributed by atoms with Gasteiger partial charge >= 0.3 is 0 Å². The van der Waals surface area contributed by atoms with Crippen LogP contribution in [0.15, 0.2) is 12.2 Å². The summed E-state index contributed by atoms with van der Waals surface area (Å²) >= 11 is 0. The molecule has 8 heteroatoms. The van der Waals surface area contributed by atoms with Gasteiger partial charge in [0.2, 0.25) is 5.91 Å². The third kappa shape index (κ3) is 44.9. The van der Waals surface area contributed by atoms with E-state index in [0.717, 1.165) is 51.4 Å². The van der Waals surface area contributed by atoms with Crippen LogP contribution in [0.2, 0.25) is 0 Å². The first kappa shape index (κ1) is 58.0. The molecule has 352 valence electrons. The van der Waals surface area contributed by atoms with E-state index in [1.807, 2.05) is 0 Å². The highest BCUT2D eigenvalue weighted by atomic mass is 32.2. The zero-order chi connectivity index (χ0) is 43.3. The molecule has 7 nitrogen and oxygen atoms in total. The first-order valence-corrected chi connectivity index (χ1v) is 27.6. The summed E-state index contributed by atoms with van der Waals surface area (Å²) in [5.74, 6) is -1.45. The van der Waals surface area contributed by atoms with Crippen LogP contribution in [0.5, 0.6) is 0 Å². The van der Waals surface area contributed by atoms with Gasteiger partial charge in [0.15, 0.2) is 0 Å². The topological polar surface area (TPSA) is 124 Å². The van der Waals surface area contributed by atoms with E-state index >= 15 is 0 Å². The second-order valence-corrected chi connectivity index (χ2v) is 19.8. The molecule has 0 radical (unpaired) electrons. The fourth-order valence-electron chi connectivity index (χ4n) is 8.34. The van der Waals surface area contributed by atoms with Crippen molar-refractivity contribution in [3.05, 3.63) is 12.2 Å². The fourth-order valence-corrected chi connectivity index (χ4v) is 9.10. The number of carbonyl (C=O) groups is 1. The molecule has 0 fully saturated rings. The predicted octanol–water partition coefficient (Wildman–Crippen LogP) is 15.1. The van der Waals surface area contributed by atoms with Crippen LogP contribution in [-0.4, -0.2) is 53.1 Å². The Morgan fingerprint density at radius 3 is 1.02 bits per heavy atom. The van der Waals surface area contributed by atoms with E-state index in [4.69, 9.17) is 0 Å². The van der Waals surface area contributed by atoms with E-state index in [2.05, 4.69) is 31.3 Å². The van der Waals surface area contributed by atoms with E-state index in [-0.39, 0.29) is 0 Å². The number of carbonyl (C=O) groups excluding carboxylic acids is 1. The van der Waals surface area contributed by atoms with Crippen molar-refractivity contribution in [2.45, 2.75) is 302 Å². The van der Waals surface area contributed by atoms with Crippen LogP contribution in [0.1, 0.15) is 284 Å². The summed E-state index contributed by atoms with van der Waals surface area (Å²) in [4.78, 5) is 12.7. The summed E-state index contributed by atoms with van der Waals surface area (Å²) in [6.07, 6.45) is 53.9. The van der Waals surface area contributed by atoms with Gasteiger partial charge in [0, 0.05) is 0 Å². The molecule has 0 heterocycles. The Morgan fingerprint density at radius 2 is 0.712 bits per heavy atom. The average Bonchev–Trinajstić information content (AvgIpc) is 3.21. The number of amides is 1. The minimum absolute atomic E-state index is 0.293. The van der Waals surface area contributed by atoms with Gasteiger partial charge in [-0.15, -0.1) is 0 Å². The number of aliphatic hydroxyl groups is 2. The van der Waals surface area contributed by atoms with Crippen LogP contribution in [-0.2, 0) is 14.9 Å². The maximum absolute atomic E-state index is 12.7. The van der Waals surface area contributed by atoms with Crippen LogP contribution in [0.4, 0.5) is 0 Å². The van der Waals surface area contributed by atoms with Crippen molar-refractivity contribution >= 4 is 16.0 Å². The van der Waals surface area contributed by atoms with Gasteiger partial charge in [0.25, 0.3) is 10.1 Å². The molecule has 0 spiro atoms. The lowest BCUT2D eigenvalue weighted by molar-refractivity contribution is -0.131. The molecule has 0 bridgehead atoms. The molecule has 0 saturated heterocycles. The molecule has 1 amide bonds. The van der Waals surface area contributed by atoms with Gasteiger partial charge in [-0.25, -0.2) is 0 Å². The Balaban J connectivity index is 3.83. The third-order valence-electron chi connectivity index (χ3n) is 12.3. The molecule has 0 saturated carbocycles. The molecule has 59 heavy (non-hydrogen) atoms. The maximum atomic E-state index is 12.7. The molecule has 0 aliphatic carbocycles. The molecular weight excluding hydrogens is 755 g/mol. The van der Waals surface area contributed by atoms with Crippen LogP contribution >= 0.6 is 0 Å². The Morgan fingerprint density at radius 1 is 0.441 bits per heavy atom. The molecule has 0 aliphatic heterocycles. The Hall–Kier alpha value is -0.960. The standard InChI is InChI=1S/C51H101NO6S/c1-3-5-7-9-11-13-15-17-19-21-23-25-26-28-30-32-34-36-38-40-42-44-46-50(54)51(55)52-48(47-59(56,57)58)49(53)45-43-41-39-37-35-33-31-29-27-24-22-20-18-16-14-12-10-8-6-4-2/h28,30,48-50,53-54H,3-27,29,31-47H2,1-2H3,(H,52,55)(H,56,57,58)/b30-28-. The third-order valence-corrected chi connectivity index (χ3v) is 13.1. The monoisotopic (exact) mass is 856 g/mol. The van der Waals surface area contributed by atoms with E-state index < -0.39 is 40.0 Å². The van der Waals surface area contributed by atoms with Gasteiger partial charge in [-0.2, -0.15) is 8.42 Å². The second-order valence-electron chi connectivity index (χ2n) is 18.3. The van der Waals surface area contributed by atoms with E-state index in [1.165, 1.54) is 199 Å². The summed E-state index contributed by atoms with van der Waals surface area (Å²) in [7, 11) is -4.41. The number of allylic oxidation sites excluding steroid dienone is 2. The van der Waals surface area contributed by atoms with Crippen LogP contribution < -0.4 is 5.32 Å². The number of rotatable bonds is 48. The molecule has 0 aromatic heterocycles. The zero-order valence-corrected chi connectivity index (χ0v) is 40.1. The highest BCUT2D eigenvalue weighted by Crippen LogP contribution is 2.18. The number of nitrogens with one attached hydrogen (secondary N) is 1. The summed E-state index contributed by atoms with van der Waals surface area (Å²) in [6, 6.07) is -1.15. The van der Waals surface area contributed by atoms with Crippen molar-refractivity contribution in [1.29, 1.82) is 0 Å². The fraction of sp³-hybridized carbons (Fsp3) is 0.941. The van der Waals surface area contributed by atoms with E-state index in [9.17, 15) is 28.0 Å². The van der Waals surface area contributed by atoms with E-state index in [1.54, 1.807) is 0 Å². The van der Waals surface area contributed by atoms with Crippen LogP contribution in [0.25, 0.3) is 0 Å². The Labute approximate surface area is 367 Å². The van der Waals surface area contributed by atoms with Gasteiger partial charge in [0.05, 0.1) is 17.9 Å². The molecule has 0 aliphatic rings. The molecule has 0 aromatic rings. The van der Waals surface area contributed by atoms with Crippen molar-refractivity contribution in [2.24, 2.45) is 0 Å². The quantitative estimate of drug-likeness (QED) is 0.0274. The largest absolute Gasteiger partial charge is 0.391 e. The summed E-state index contributed by atoms with van der Waals surface area (Å²) in [5.41, 5.74) is 0. The highest BCUT2D eigenvalue weighted by Gasteiger charge is 2.28. The Bertz CT molecular complexity index is 1000. The lowest BCUT2D eigenvalue weighted by atomic mass is 10.0. The molecular formula is C51H101NO6S. The summed E-state index contributed by atoms with van der Waals surface area (Å²) in [5, 5.41) is 23.7. The SMILES string of the molecule is CCCCCCCCCCCCCC/C=C\CCCCCCCCC(O)C(=O)NC(CS(=O)(=O)O)C(O)CCCCCCCCCCCCCCCCCCCCCC. The Kier molecular flexibility index (Phi) is 44.3. The molecule has 0 aromatic carbocycles. The van der Waals surface area contributed by atoms with Crippen LogP contribution in [0.3, 0.4) is 0 Å². The normalized spacial score (nSPS) is 13.6. The molecule has 0 rings (SSSR count). The highest BCUT2D eigenvalue weighted by molar-refractivity contribution is 7.85. The van der Waals surface area contributed by atoms with E-state index in [0.29, 0.717) is 19.3 Å².